The lowest BCUT2D eigenvalue weighted by molar-refractivity contribution is -1.23. The van der Waals surface area contributed by atoms with Crippen molar-refractivity contribution in [1.82, 2.24) is 0 Å². The second-order valence-corrected chi connectivity index (χ2v) is 5.15. The van der Waals surface area contributed by atoms with E-state index in [4.69, 9.17) is 5.11 Å². The molecule has 0 aromatic heterocycles. The van der Waals surface area contributed by atoms with E-state index in [1.54, 1.807) is 0 Å². The number of aliphatic hydroxyl groups is 7. The maximum atomic E-state index is 10.9. The Morgan fingerprint density at radius 1 is 1.18 bits per heavy atom. The topological polar surface area (TPSA) is 205 Å². The number of hydrogen-bond acceptors (Lipinski definition) is 10. The quantitative estimate of drug-likeness (QED) is 0.132. The lowest BCUT2D eigenvalue weighted by Crippen LogP contribution is -2.93. The number of nitrogens with zero attached hydrogens (tertiary/aromatic N) is 1. The standard InChI is InChI=1S/C10H17NO11/c1-5(12)22-6(2-7(13)14)3-11(10(19,20)21)8(15,16)4-9(11,17)18/h6,15-21H,2-4H2,1H3/p+1. The van der Waals surface area contributed by atoms with Crippen LogP contribution in [0.15, 0.2) is 0 Å². The summed E-state index contributed by atoms with van der Waals surface area (Å²) in [5.41, 5.74) is 0. The molecule has 0 saturated carbocycles. The molecule has 1 saturated heterocycles. The summed E-state index contributed by atoms with van der Waals surface area (Å²) in [7, 11) is 0. The van der Waals surface area contributed by atoms with Gasteiger partial charge in [-0.3, -0.25) is 24.9 Å². The first-order valence-corrected chi connectivity index (χ1v) is 6.00. The highest BCUT2D eigenvalue weighted by Gasteiger charge is 2.84. The van der Waals surface area contributed by atoms with Gasteiger partial charge in [-0.2, -0.15) is 0 Å². The summed E-state index contributed by atoms with van der Waals surface area (Å²) in [6.07, 6.45) is -7.94. The van der Waals surface area contributed by atoms with Crippen molar-refractivity contribution in [3.8, 4) is 0 Å². The highest BCUT2D eigenvalue weighted by atomic mass is 16.8. The number of aliphatic carboxylic acids is 1. The molecule has 1 heterocycles. The van der Waals surface area contributed by atoms with Crippen LogP contribution in [-0.2, 0) is 14.3 Å². The summed E-state index contributed by atoms with van der Waals surface area (Å²) in [6.45, 7) is -0.328. The summed E-state index contributed by atoms with van der Waals surface area (Å²) in [5, 5.41) is 75.3. The van der Waals surface area contributed by atoms with Crippen molar-refractivity contribution in [2.75, 3.05) is 6.54 Å². The molecule has 12 heteroatoms. The van der Waals surface area contributed by atoms with Gasteiger partial charge in [0, 0.05) is 6.92 Å². The first-order valence-electron chi connectivity index (χ1n) is 6.00. The minimum absolute atomic E-state index is 0.898. The third-order valence-corrected chi connectivity index (χ3v) is 3.42. The second kappa shape index (κ2) is 5.36. The Hall–Kier alpha value is -1.38. The molecule has 0 spiro atoms. The average molecular weight is 328 g/mol. The number of hydrogen-bond donors (Lipinski definition) is 8. The minimum atomic E-state index is -4.08. The highest BCUT2D eigenvalue weighted by molar-refractivity contribution is 5.69. The number of esters is 1. The third kappa shape index (κ3) is 2.90. The Kier molecular flexibility index (Phi) is 4.55. The van der Waals surface area contributed by atoms with Gasteiger partial charge >= 0.3 is 29.9 Å². The molecule has 1 aliphatic heterocycles. The fourth-order valence-electron chi connectivity index (χ4n) is 2.56. The van der Waals surface area contributed by atoms with Gasteiger partial charge in [-0.15, -0.1) is 4.48 Å². The second-order valence-electron chi connectivity index (χ2n) is 5.15. The van der Waals surface area contributed by atoms with E-state index >= 15 is 0 Å². The van der Waals surface area contributed by atoms with Crippen LogP contribution in [0.5, 0.6) is 0 Å². The van der Waals surface area contributed by atoms with Crippen LogP contribution in [-0.4, -0.2) is 87.8 Å². The van der Waals surface area contributed by atoms with Crippen molar-refractivity contribution in [3.63, 3.8) is 0 Å². The van der Waals surface area contributed by atoms with E-state index in [0.29, 0.717) is 0 Å². The Morgan fingerprint density at radius 2 is 1.64 bits per heavy atom. The number of quaternary nitrogens is 1. The predicted octanol–water partition coefficient (Wildman–Crippen LogP) is -4.52. The predicted molar refractivity (Wildman–Crippen MR) is 61.3 cm³/mol. The summed E-state index contributed by atoms with van der Waals surface area (Å²) < 4.78 is 2.18. The highest BCUT2D eigenvalue weighted by Crippen LogP contribution is 2.51. The molecule has 1 unspecified atom stereocenters. The van der Waals surface area contributed by atoms with Crippen molar-refractivity contribution in [3.05, 3.63) is 0 Å². The molecule has 0 radical (unpaired) electrons. The van der Waals surface area contributed by atoms with E-state index in [1.807, 2.05) is 0 Å². The zero-order valence-electron chi connectivity index (χ0n) is 11.4. The number of carboxylic acid groups (broad SMARTS) is 1. The van der Waals surface area contributed by atoms with E-state index in [0.717, 1.165) is 6.92 Å². The zero-order chi connectivity index (χ0) is 17.6. The molecule has 1 rings (SSSR count). The third-order valence-electron chi connectivity index (χ3n) is 3.42. The molecule has 0 amide bonds. The minimum Gasteiger partial charge on any atom is -0.481 e. The smallest absolute Gasteiger partial charge is 0.450 e. The number of carbonyl (C=O) groups is 2. The van der Waals surface area contributed by atoms with Crippen molar-refractivity contribution >= 4 is 11.9 Å². The molecule has 0 aromatic rings. The Morgan fingerprint density at radius 3 is 1.91 bits per heavy atom. The lowest BCUT2D eigenvalue weighted by Gasteiger charge is -2.62. The van der Waals surface area contributed by atoms with E-state index in [9.17, 15) is 45.3 Å². The van der Waals surface area contributed by atoms with Crippen molar-refractivity contribution < 1.29 is 59.7 Å². The Bertz CT molecular complexity index is 419. The molecule has 1 fully saturated rings. The lowest BCUT2D eigenvalue weighted by atomic mass is 9.95. The largest absolute Gasteiger partial charge is 0.481 e. The monoisotopic (exact) mass is 328 g/mol. The van der Waals surface area contributed by atoms with Crippen LogP contribution in [0.25, 0.3) is 0 Å². The normalized spacial score (nSPS) is 23.3. The van der Waals surface area contributed by atoms with Gasteiger partial charge < -0.3 is 30.3 Å². The van der Waals surface area contributed by atoms with Crippen molar-refractivity contribution in [1.29, 1.82) is 0 Å². The van der Waals surface area contributed by atoms with E-state index in [2.05, 4.69) is 4.74 Å². The number of likely N-dealkylation sites (tertiary alicyclic amines) is 1. The van der Waals surface area contributed by atoms with Crippen LogP contribution >= 0.6 is 0 Å². The summed E-state index contributed by atoms with van der Waals surface area (Å²) in [4.78, 5) is 21.7. The number of ether oxygens (including phenoxy) is 1. The molecule has 22 heavy (non-hydrogen) atoms. The van der Waals surface area contributed by atoms with E-state index in [1.165, 1.54) is 0 Å². The zero-order valence-corrected chi connectivity index (χ0v) is 11.4. The summed E-state index contributed by atoms with van der Waals surface area (Å²) in [6, 6.07) is 0. The van der Waals surface area contributed by atoms with Gasteiger partial charge in [0.15, 0.2) is 12.5 Å². The molecular formula is C10H18NO11+. The molecule has 1 aliphatic rings. The molecule has 0 aromatic carbocycles. The van der Waals surface area contributed by atoms with Gasteiger partial charge in [-0.25, -0.2) is 0 Å². The van der Waals surface area contributed by atoms with Crippen LogP contribution in [0, 0.1) is 0 Å². The van der Waals surface area contributed by atoms with Crippen LogP contribution in [0.1, 0.15) is 19.8 Å². The van der Waals surface area contributed by atoms with Gasteiger partial charge in [0.25, 0.3) is 0 Å². The Labute approximate surface area is 123 Å². The molecule has 12 nitrogen and oxygen atoms in total. The fourth-order valence-corrected chi connectivity index (χ4v) is 2.56. The molecule has 1 atom stereocenters. The number of carboxylic acids is 1. The first kappa shape index (κ1) is 18.7. The van der Waals surface area contributed by atoms with Gasteiger partial charge in [-0.1, -0.05) is 0 Å². The van der Waals surface area contributed by atoms with Crippen LogP contribution < -0.4 is 0 Å². The van der Waals surface area contributed by atoms with E-state index < -0.39 is 59.8 Å². The van der Waals surface area contributed by atoms with Gasteiger partial charge in [0.2, 0.25) is 0 Å². The first-order chi connectivity index (χ1) is 9.66. The van der Waals surface area contributed by atoms with Crippen LogP contribution in [0.4, 0.5) is 0 Å². The molecule has 8 N–H and O–H groups in total. The van der Waals surface area contributed by atoms with Crippen LogP contribution in [0.2, 0.25) is 0 Å². The number of rotatable bonds is 6. The van der Waals surface area contributed by atoms with Crippen molar-refractivity contribution in [2.45, 2.75) is 43.8 Å². The molecule has 0 bridgehead atoms. The van der Waals surface area contributed by atoms with Gasteiger partial charge in [0.1, 0.15) is 6.54 Å². The maximum absolute atomic E-state index is 10.9. The molecular weight excluding hydrogens is 310 g/mol. The van der Waals surface area contributed by atoms with Gasteiger partial charge in [-0.05, 0) is 0 Å². The van der Waals surface area contributed by atoms with Crippen molar-refractivity contribution in [2.24, 2.45) is 0 Å². The number of carbonyl (C=O) groups excluding carboxylic acids is 1. The van der Waals surface area contributed by atoms with E-state index in [-0.39, 0.29) is 0 Å². The average Bonchev–Trinajstić information content (AvgIpc) is 2.19. The fraction of sp³-hybridized carbons (Fsp3) is 0.800. The molecule has 128 valence electrons. The Balaban J connectivity index is 3.23. The van der Waals surface area contributed by atoms with Gasteiger partial charge in [0.05, 0.1) is 6.42 Å². The summed E-state index contributed by atoms with van der Waals surface area (Å²) in [5.74, 6) is -8.98. The molecule has 0 aliphatic carbocycles. The summed E-state index contributed by atoms with van der Waals surface area (Å²) >= 11 is 0. The maximum Gasteiger partial charge on any atom is 0.450 e. The SMILES string of the molecule is CC(=O)OC(CC(=O)O)C[N+]1(C(O)(O)O)C(O)(O)CC1(O)O. The van der Waals surface area contributed by atoms with Crippen LogP contribution in [0.3, 0.4) is 0 Å².